The summed E-state index contributed by atoms with van der Waals surface area (Å²) in [6.07, 6.45) is -0.531. The minimum Gasteiger partial charge on any atom is -0.444 e. The van der Waals surface area contributed by atoms with Crippen molar-refractivity contribution in [3.05, 3.63) is 69.7 Å². The zero-order valence-corrected chi connectivity index (χ0v) is 15.9. The van der Waals surface area contributed by atoms with Gasteiger partial charge in [0.05, 0.1) is 12.1 Å². The molecule has 2 aromatic rings. The molecule has 0 spiro atoms. The van der Waals surface area contributed by atoms with E-state index in [2.05, 4.69) is 5.32 Å². The van der Waals surface area contributed by atoms with Crippen molar-refractivity contribution in [2.75, 3.05) is 0 Å². The molecule has 25 heavy (non-hydrogen) atoms. The molecule has 0 aliphatic carbocycles. The molecule has 4 nitrogen and oxygen atoms in total. The Kier molecular flexibility index (Phi) is 6.33. The maximum atomic E-state index is 12.3. The molecule has 1 amide bonds. The van der Waals surface area contributed by atoms with E-state index in [-0.39, 0.29) is 0 Å². The van der Waals surface area contributed by atoms with Crippen molar-refractivity contribution < 1.29 is 9.53 Å². The molecule has 0 saturated carbocycles. The fourth-order valence-corrected chi connectivity index (χ4v) is 2.61. The van der Waals surface area contributed by atoms with E-state index in [4.69, 9.17) is 33.7 Å². The number of hydrogen-bond acceptors (Lipinski definition) is 3. The van der Waals surface area contributed by atoms with Gasteiger partial charge in [0.1, 0.15) is 5.60 Å². The van der Waals surface area contributed by atoms with Crippen LogP contribution in [0.25, 0.3) is 0 Å². The lowest BCUT2D eigenvalue weighted by Gasteiger charge is -2.28. The Hall–Kier alpha value is -1.75. The number of rotatable bonds is 4. The van der Waals surface area contributed by atoms with Crippen LogP contribution in [0.15, 0.2) is 48.5 Å². The van der Waals surface area contributed by atoms with Crippen LogP contribution in [-0.4, -0.2) is 11.7 Å². The van der Waals surface area contributed by atoms with Gasteiger partial charge in [-0.3, -0.25) is 0 Å². The zero-order chi connectivity index (χ0) is 18.6. The van der Waals surface area contributed by atoms with Crippen LogP contribution in [0.3, 0.4) is 0 Å². The van der Waals surface area contributed by atoms with Crippen LogP contribution in [0.5, 0.6) is 0 Å². The molecule has 2 atom stereocenters. The molecule has 3 N–H and O–H groups in total. The van der Waals surface area contributed by atoms with E-state index in [0.29, 0.717) is 10.0 Å². The highest BCUT2D eigenvalue weighted by molar-refractivity contribution is 6.30. The predicted molar refractivity (Wildman–Crippen MR) is 102 cm³/mol. The Morgan fingerprint density at radius 3 is 1.84 bits per heavy atom. The first kappa shape index (κ1) is 19.6. The number of alkyl carbamates (subject to hydrolysis) is 1. The van der Waals surface area contributed by atoms with Gasteiger partial charge < -0.3 is 15.8 Å². The van der Waals surface area contributed by atoms with E-state index in [1.807, 2.05) is 45.0 Å². The van der Waals surface area contributed by atoms with Crippen LogP contribution in [-0.2, 0) is 4.74 Å². The Bertz CT molecular complexity index is 710. The Morgan fingerprint density at radius 1 is 0.960 bits per heavy atom. The van der Waals surface area contributed by atoms with E-state index < -0.39 is 23.8 Å². The molecular formula is C19H22Cl2N2O2. The van der Waals surface area contributed by atoms with E-state index >= 15 is 0 Å². The van der Waals surface area contributed by atoms with Gasteiger partial charge in [0, 0.05) is 10.0 Å². The molecule has 0 saturated heterocycles. The number of carbonyl (C=O) groups excluding carboxylic acids is 1. The number of ether oxygens (including phenoxy) is 1. The third-order valence-corrected chi connectivity index (χ3v) is 4.02. The predicted octanol–water partition coefficient (Wildman–Crippen LogP) is 5.26. The second-order valence-electron chi connectivity index (χ2n) is 6.75. The van der Waals surface area contributed by atoms with Crippen molar-refractivity contribution >= 4 is 29.3 Å². The highest BCUT2D eigenvalue weighted by Crippen LogP contribution is 2.29. The van der Waals surface area contributed by atoms with Gasteiger partial charge in [-0.25, -0.2) is 4.79 Å². The van der Waals surface area contributed by atoms with Crippen LogP contribution in [0.2, 0.25) is 10.0 Å². The van der Waals surface area contributed by atoms with Gasteiger partial charge in [-0.1, -0.05) is 47.5 Å². The van der Waals surface area contributed by atoms with Gasteiger partial charge in [0.25, 0.3) is 0 Å². The number of amides is 1. The SMILES string of the molecule is CC(C)(C)OC(=O)N[C@H](c1ccc(Cl)cc1)[C@@H](N)c1ccc(Cl)cc1. The molecule has 2 rings (SSSR count). The zero-order valence-electron chi connectivity index (χ0n) is 14.4. The fourth-order valence-electron chi connectivity index (χ4n) is 2.36. The summed E-state index contributed by atoms with van der Waals surface area (Å²) < 4.78 is 5.37. The lowest BCUT2D eigenvalue weighted by molar-refractivity contribution is 0.0495. The summed E-state index contributed by atoms with van der Waals surface area (Å²) in [7, 11) is 0. The Balaban J connectivity index is 2.29. The van der Waals surface area contributed by atoms with E-state index in [9.17, 15) is 4.79 Å². The smallest absolute Gasteiger partial charge is 0.408 e. The highest BCUT2D eigenvalue weighted by Gasteiger charge is 2.26. The van der Waals surface area contributed by atoms with Gasteiger partial charge >= 0.3 is 6.09 Å². The molecule has 2 aromatic carbocycles. The monoisotopic (exact) mass is 380 g/mol. The van der Waals surface area contributed by atoms with Gasteiger partial charge in [0.15, 0.2) is 0 Å². The first-order valence-corrected chi connectivity index (χ1v) is 8.67. The first-order valence-electron chi connectivity index (χ1n) is 7.92. The van der Waals surface area contributed by atoms with Crippen molar-refractivity contribution in [2.45, 2.75) is 38.5 Å². The molecular weight excluding hydrogens is 359 g/mol. The summed E-state index contributed by atoms with van der Waals surface area (Å²) in [4.78, 5) is 12.3. The van der Waals surface area contributed by atoms with Crippen LogP contribution in [0.1, 0.15) is 44.0 Å². The molecule has 6 heteroatoms. The average Bonchev–Trinajstić information content (AvgIpc) is 2.52. The van der Waals surface area contributed by atoms with Crippen LogP contribution in [0.4, 0.5) is 4.79 Å². The Labute approximate surface area is 158 Å². The molecule has 0 aromatic heterocycles. The highest BCUT2D eigenvalue weighted by atomic mass is 35.5. The van der Waals surface area contributed by atoms with Crippen molar-refractivity contribution in [3.8, 4) is 0 Å². The summed E-state index contributed by atoms with van der Waals surface area (Å²) in [6.45, 7) is 5.43. The summed E-state index contributed by atoms with van der Waals surface area (Å²) in [6, 6.07) is 13.4. The maximum absolute atomic E-state index is 12.3. The lowest BCUT2D eigenvalue weighted by Crippen LogP contribution is -2.39. The number of carbonyl (C=O) groups is 1. The Morgan fingerprint density at radius 2 is 1.40 bits per heavy atom. The second kappa shape index (κ2) is 8.09. The largest absolute Gasteiger partial charge is 0.444 e. The molecule has 0 heterocycles. The third kappa shape index (κ3) is 5.92. The number of benzene rings is 2. The minimum absolute atomic E-state index is 0.478. The van der Waals surface area contributed by atoms with Crippen LogP contribution >= 0.6 is 23.2 Å². The number of nitrogens with two attached hydrogens (primary N) is 1. The average molecular weight is 381 g/mol. The van der Waals surface area contributed by atoms with E-state index in [0.717, 1.165) is 11.1 Å². The molecule has 0 aliphatic heterocycles. The second-order valence-corrected chi connectivity index (χ2v) is 7.63. The van der Waals surface area contributed by atoms with E-state index in [1.165, 1.54) is 0 Å². The summed E-state index contributed by atoms with van der Waals surface area (Å²) >= 11 is 11.9. The number of halogens is 2. The minimum atomic E-state index is -0.598. The lowest BCUT2D eigenvalue weighted by atomic mass is 9.94. The topological polar surface area (TPSA) is 64.3 Å². The van der Waals surface area contributed by atoms with Crippen LogP contribution < -0.4 is 11.1 Å². The molecule has 0 bridgehead atoms. The standard InChI is InChI=1S/C19H22Cl2N2O2/c1-19(2,3)25-18(24)23-17(13-6-10-15(21)11-7-13)16(22)12-4-8-14(20)9-5-12/h4-11,16-17H,22H2,1-3H3,(H,23,24)/t16-,17+/m0/s1. The quantitative estimate of drug-likeness (QED) is 0.759. The molecule has 134 valence electrons. The summed E-state index contributed by atoms with van der Waals surface area (Å²) in [5, 5.41) is 4.10. The number of hydrogen-bond donors (Lipinski definition) is 2. The van der Waals surface area contributed by atoms with Crippen molar-refractivity contribution in [3.63, 3.8) is 0 Å². The van der Waals surface area contributed by atoms with Gasteiger partial charge in [-0.15, -0.1) is 0 Å². The van der Waals surface area contributed by atoms with Crippen molar-refractivity contribution in [2.24, 2.45) is 5.73 Å². The van der Waals surface area contributed by atoms with E-state index in [1.54, 1.807) is 24.3 Å². The van der Waals surface area contributed by atoms with Crippen molar-refractivity contribution in [1.82, 2.24) is 5.32 Å². The molecule has 0 fully saturated rings. The molecule has 0 unspecified atom stereocenters. The van der Waals surface area contributed by atoms with Crippen molar-refractivity contribution in [1.29, 1.82) is 0 Å². The molecule has 0 aliphatic rings. The third-order valence-electron chi connectivity index (χ3n) is 3.52. The first-order chi connectivity index (χ1) is 11.7. The maximum Gasteiger partial charge on any atom is 0.408 e. The summed E-state index contributed by atoms with van der Waals surface area (Å²) in [5.74, 6) is 0. The normalized spacial score (nSPS) is 13.8. The van der Waals surface area contributed by atoms with Gasteiger partial charge in [-0.05, 0) is 56.2 Å². The summed E-state index contributed by atoms with van der Waals surface area (Å²) in [5.41, 5.74) is 7.51. The fraction of sp³-hybridized carbons (Fsp3) is 0.316. The van der Waals surface area contributed by atoms with Gasteiger partial charge in [-0.2, -0.15) is 0 Å². The van der Waals surface area contributed by atoms with Crippen LogP contribution in [0, 0.1) is 0 Å². The molecule has 0 radical (unpaired) electrons. The number of nitrogens with one attached hydrogen (secondary N) is 1. The van der Waals surface area contributed by atoms with Gasteiger partial charge in [0.2, 0.25) is 0 Å².